The van der Waals surface area contributed by atoms with Crippen LogP contribution < -0.4 is 5.32 Å². The summed E-state index contributed by atoms with van der Waals surface area (Å²) in [6.07, 6.45) is 3.12. The second kappa shape index (κ2) is 8.67. The van der Waals surface area contributed by atoms with E-state index in [2.05, 4.69) is 30.7 Å². The van der Waals surface area contributed by atoms with Crippen molar-refractivity contribution in [3.05, 3.63) is 90.8 Å². The van der Waals surface area contributed by atoms with Gasteiger partial charge in [-0.25, -0.2) is 0 Å². The molecule has 5 rings (SSSR count). The Morgan fingerprint density at radius 2 is 1.67 bits per heavy atom. The van der Waals surface area contributed by atoms with E-state index in [-0.39, 0.29) is 23.0 Å². The lowest BCUT2D eigenvalue weighted by molar-refractivity contribution is 0.102. The molecule has 9 heteroatoms. The Hall–Kier alpha value is -4.92. The van der Waals surface area contributed by atoms with Crippen LogP contribution in [0.1, 0.15) is 10.4 Å². The first kappa shape index (κ1) is 20.0. The number of anilines is 1. The number of nitrogens with one attached hydrogen (secondary N) is 1. The zero-order chi connectivity index (χ0) is 22.6. The fraction of sp³-hybridized carbons (Fsp3) is 0. The van der Waals surface area contributed by atoms with Crippen LogP contribution in [-0.4, -0.2) is 26.2 Å². The number of hydrogen-bond donors (Lipinski definition) is 2. The van der Waals surface area contributed by atoms with Crippen molar-refractivity contribution in [3.8, 4) is 17.2 Å². The summed E-state index contributed by atoms with van der Waals surface area (Å²) in [4.78, 5) is 16.8. The maximum Gasteiger partial charge on any atom is 0.361 e. The molecule has 33 heavy (non-hydrogen) atoms. The minimum absolute atomic E-state index is 0.0509. The molecule has 0 atom stereocenters. The monoisotopic (exact) mass is 436 g/mol. The molecule has 9 nitrogen and oxygen atoms in total. The summed E-state index contributed by atoms with van der Waals surface area (Å²) in [5, 5.41) is 31.0. The number of aromatic nitrogens is 3. The van der Waals surface area contributed by atoms with Gasteiger partial charge in [0.1, 0.15) is 5.69 Å². The van der Waals surface area contributed by atoms with Gasteiger partial charge >= 0.3 is 6.01 Å². The van der Waals surface area contributed by atoms with E-state index >= 15 is 0 Å². The van der Waals surface area contributed by atoms with Gasteiger partial charge in [0, 0.05) is 29.0 Å². The second-order valence-corrected chi connectivity index (χ2v) is 6.99. The molecular formula is C24H16N6O3. The van der Waals surface area contributed by atoms with Crippen LogP contribution in [0.5, 0.6) is 5.75 Å². The van der Waals surface area contributed by atoms with Crippen molar-refractivity contribution in [2.24, 2.45) is 10.2 Å². The minimum Gasteiger partial charge on any atom is -0.505 e. The van der Waals surface area contributed by atoms with Crippen LogP contribution >= 0.6 is 0 Å². The third kappa shape index (κ3) is 4.15. The first-order chi connectivity index (χ1) is 16.2. The van der Waals surface area contributed by atoms with Crippen molar-refractivity contribution in [3.63, 3.8) is 0 Å². The number of hydrogen-bond acceptors (Lipinski definition) is 8. The van der Waals surface area contributed by atoms with Crippen molar-refractivity contribution in [2.75, 3.05) is 5.32 Å². The van der Waals surface area contributed by atoms with E-state index in [0.717, 1.165) is 5.56 Å². The van der Waals surface area contributed by atoms with E-state index < -0.39 is 5.91 Å². The number of azo groups is 1. The van der Waals surface area contributed by atoms with E-state index in [1.54, 1.807) is 42.7 Å². The zero-order valence-electron chi connectivity index (χ0n) is 17.1. The number of benzene rings is 3. The number of amides is 1. The molecular weight excluding hydrogens is 420 g/mol. The molecule has 0 spiro atoms. The lowest BCUT2D eigenvalue weighted by atomic mass is 10.0. The van der Waals surface area contributed by atoms with Gasteiger partial charge in [-0.3, -0.25) is 9.78 Å². The Labute approximate surface area is 187 Å². The van der Waals surface area contributed by atoms with Gasteiger partial charge in [-0.05, 0) is 35.7 Å². The predicted molar refractivity (Wildman–Crippen MR) is 122 cm³/mol. The first-order valence-corrected chi connectivity index (χ1v) is 9.96. The number of carbonyl (C=O) groups excluding carboxylic acids is 1. The largest absolute Gasteiger partial charge is 0.505 e. The third-order valence-corrected chi connectivity index (χ3v) is 4.85. The molecule has 1 amide bonds. The molecule has 0 aliphatic carbocycles. The van der Waals surface area contributed by atoms with Crippen molar-refractivity contribution >= 4 is 34.1 Å². The number of carbonyl (C=O) groups is 1. The number of rotatable bonds is 5. The predicted octanol–water partition coefficient (Wildman–Crippen LogP) is 5.66. The first-order valence-electron chi connectivity index (χ1n) is 9.96. The minimum atomic E-state index is -0.495. The fourth-order valence-corrected chi connectivity index (χ4v) is 3.27. The molecule has 0 saturated carbocycles. The van der Waals surface area contributed by atoms with Crippen LogP contribution in [0.4, 0.5) is 17.4 Å². The molecule has 0 aliphatic rings. The average Bonchev–Trinajstić information content (AvgIpc) is 3.33. The Kier molecular flexibility index (Phi) is 5.26. The summed E-state index contributed by atoms with van der Waals surface area (Å²) in [7, 11) is 0. The van der Waals surface area contributed by atoms with Gasteiger partial charge in [0.05, 0.1) is 5.56 Å². The normalized spacial score (nSPS) is 11.2. The number of phenols is 1. The van der Waals surface area contributed by atoms with Gasteiger partial charge in [0.15, 0.2) is 5.75 Å². The number of fused-ring (bicyclic) bond motifs is 1. The van der Waals surface area contributed by atoms with Gasteiger partial charge in [-0.1, -0.05) is 52.7 Å². The molecule has 0 fully saturated rings. The van der Waals surface area contributed by atoms with Gasteiger partial charge < -0.3 is 14.8 Å². The molecule has 0 bridgehead atoms. The topological polar surface area (TPSA) is 126 Å². The van der Waals surface area contributed by atoms with E-state index in [9.17, 15) is 9.90 Å². The third-order valence-electron chi connectivity index (χ3n) is 4.85. The Morgan fingerprint density at radius 3 is 2.48 bits per heavy atom. The quantitative estimate of drug-likeness (QED) is 0.343. The molecule has 0 radical (unpaired) electrons. The van der Waals surface area contributed by atoms with E-state index in [1.165, 1.54) is 0 Å². The average molecular weight is 436 g/mol. The summed E-state index contributed by atoms with van der Waals surface area (Å²) in [6, 6.07) is 21.3. The SMILES string of the molecule is O=C(Nc1ccncc1)c1cc2ccccc2c(N=Nc2nnc(-c3ccccc3)o2)c1O. The highest BCUT2D eigenvalue weighted by molar-refractivity contribution is 6.11. The van der Waals surface area contributed by atoms with Gasteiger partial charge in [-0.15, -0.1) is 10.2 Å². The number of nitrogens with zero attached hydrogens (tertiary/aromatic N) is 5. The van der Waals surface area contributed by atoms with Crippen molar-refractivity contribution in [1.82, 2.24) is 15.2 Å². The van der Waals surface area contributed by atoms with Crippen LogP contribution in [0.2, 0.25) is 0 Å². The lowest BCUT2D eigenvalue weighted by Gasteiger charge is -2.10. The molecule has 2 aromatic heterocycles. The van der Waals surface area contributed by atoms with E-state index in [1.807, 2.05) is 42.5 Å². The lowest BCUT2D eigenvalue weighted by Crippen LogP contribution is -2.12. The summed E-state index contributed by atoms with van der Waals surface area (Å²) in [5.41, 5.74) is 1.46. The van der Waals surface area contributed by atoms with Crippen molar-refractivity contribution in [1.29, 1.82) is 0 Å². The Bertz CT molecular complexity index is 1470. The highest BCUT2D eigenvalue weighted by atomic mass is 16.4. The Morgan fingerprint density at radius 1 is 0.909 bits per heavy atom. The maximum absolute atomic E-state index is 12.9. The van der Waals surface area contributed by atoms with Crippen molar-refractivity contribution < 1.29 is 14.3 Å². The Balaban J connectivity index is 1.52. The number of aromatic hydroxyl groups is 1. The molecule has 0 aliphatic heterocycles. The summed E-state index contributed by atoms with van der Waals surface area (Å²) < 4.78 is 5.55. The summed E-state index contributed by atoms with van der Waals surface area (Å²) in [5.74, 6) is -0.513. The fourth-order valence-electron chi connectivity index (χ4n) is 3.27. The smallest absolute Gasteiger partial charge is 0.361 e. The zero-order valence-corrected chi connectivity index (χ0v) is 17.1. The van der Waals surface area contributed by atoms with Gasteiger partial charge in [0.2, 0.25) is 5.89 Å². The molecule has 5 aromatic rings. The van der Waals surface area contributed by atoms with Crippen molar-refractivity contribution in [2.45, 2.75) is 0 Å². The van der Waals surface area contributed by atoms with Crippen LogP contribution in [0.25, 0.3) is 22.2 Å². The molecule has 2 heterocycles. The second-order valence-electron chi connectivity index (χ2n) is 6.99. The maximum atomic E-state index is 12.9. The molecule has 2 N–H and O–H groups in total. The van der Waals surface area contributed by atoms with E-state index in [0.29, 0.717) is 22.4 Å². The standard InChI is InChI=1S/C24H16N6O3/c31-21-19(22(32)26-17-10-12-25-13-11-17)14-16-8-4-5-9-18(16)20(21)27-29-24-30-28-23(33-24)15-6-2-1-3-7-15/h1-14,31H,(H,25,26,32). The van der Waals surface area contributed by atoms with Crippen LogP contribution in [-0.2, 0) is 0 Å². The highest BCUT2D eigenvalue weighted by Crippen LogP contribution is 2.39. The van der Waals surface area contributed by atoms with Crippen LogP contribution in [0, 0.1) is 0 Å². The van der Waals surface area contributed by atoms with Gasteiger partial charge in [-0.2, -0.15) is 0 Å². The number of phenolic OH excluding ortho intramolecular Hbond substituents is 1. The van der Waals surface area contributed by atoms with Crippen LogP contribution in [0.15, 0.2) is 99.8 Å². The van der Waals surface area contributed by atoms with Crippen LogP contribution in [0.3, 0.4) is 0 Å². The molecule has 0 saturated heterocycles. The molecule has 3 aromatic carbocycles. The summed E-state index contributed by atoms with van der Waals surface area (Å²) in [6.45, 7) is 0. The number of pyridine rings is 1. The van der Waals surface area contributed by atoms with Gasteiger partial charge in [0.25, 0.3) is 5.91 Å². The highest BCUT2D eigenvalue weighted by Gasteiger charge is 2.19. The summed E-state index contributed by atoms with van der Waals surface area (Å²) >= 11 is 0. The molecule has 0 unspecified atom stereocenters. The molecule has 160 valence electrons. The van der Waals surface area contributed by atoms with E-state index in [4.69, 9.17) is 4.42 Å².